The zero-order valence-electron chi connectivity index (χ0n) is 4.44. The van der Waals surface area contributed by atoms with Crippen LogP contribution in [-0.4, -0.2) is 17.9 Å². The molecule has 2 atom stereocenters. The van der Waals surface area contributed by atoms with E-state index in [9.17, 15) is 8.78 Å². The van der Waals surface area contributed by atoms with Crippen molar-refractivity contribution in [3.05, 3.63) is 0 Å². The lowest BCUT2D eigenvalue weighted by Crippen LogP contribution is -2.07. The Balaban J connectivity index is 2.30. The molecule has 1 aliphatic rings. The summed E-state index contributed by atoms with van der Waals surface area (Å²) in [5.41, 5.74) is -0.931. The molecule has 0 bridgehead atoms. The van der Waals surface area contributed by atoms with Gasteiger partial charge in [-0.25, -0.2) is 4.39 Å². The second kappa shape index (κ2) is 2.67. The van der Waals surface area contributed by atoms with E-state index in [1.165, 1.54) is 11.8 Å². The zero-order chi connectivity index (χ0) is 5.98. The van der Waals surface area contributed by atoms with Gasteiger partial charge in [-0.15, -0.1) is 11.8 Å². The fourth-order valence-electron chi connectivity index (χ4n) is 0.746. The van der Waals surface area contributed by atoms with Gasteiger partial charge in [0.15, 0.2) is 5.50 Å². The molecular weight excluding hydrogens is 130 g/mol. The smallest absolute Gasteiger partial charge is 0.151 e. The fraction of sp³-hybridized carbons (Fsp3) is 1.00. The van der Waals surface area contributed by atoms with Crippen molar-refractivity contribution in [1.29, 1.82) is 0 Å². The van der Waals surface area contributed by atoms with E-state index in [2.05, 4.69) is 0 Å². The van der Waals surface area contributed by atoms with Crippen LogP contribution in [0.5, 0.6) is 0 Å². The minimum atomic E-state index is -0.931. The van der Waals surface area contributed by atoms with Crippen LogP contribution in [0.1, 0.15) is 6.42 Å². The first-order valence-electron chi connectivity index (χ1n) is 2.66. The topological polar surface area (TPSA) is 0 Å². The molecule has 1 saturated heterocycles. The van der Waals surface area contributed by atoms with Crippen molar-refractivity contribution in [3.63, 3.8) is 0 Å². The van der Waals surface area contributed by atoms with Gasteiger partial charge in [-0.3, -0.25) is 4.39 Å². The predicted molar refractivity (Wildman–Crippen MR) is 31.4 cm³/mol. The molecule has 0 saturated carbocycles. The lowest BCUT2D eigenvalue weighted by atomic mass is 10.1. The van der Waals surface area contributed by atoms with E-state index < -0.39 is 12.2 Å². The largest absolute Gasteiger partial charge is 0.251 e. The molecule has 8 heavy (non-hydrogen) atoms. The maximum absolute atomic E-state index is 12.3. The van der Waals surface area contributed by atoms with Crippen molar-refractivity contribution in [2.75, 3.05) is 12.4 Å². The Labute approximate surface area is 51.6 Å². The van der Waals surface area contributed by atoms with E-state index in [-0.39, 0.29) is 5.92 Å². The van der Waals surface area contributed by atoms with Crippen LogP contribution in [0.25, 0.3) is 0 Å². The SMILES string of the molecule is FCC1CCSC1F. The first-order valence-corrected chi connectivity index (χ1v) is 3.71. The number of rotatable bonds is 1. The number of hydrogen-bond donors (Lipinski definition) is 0. The van der Waals surface area contributed by atoms with Gasteiger partial charge in [0.25, 0.3) is 0 Å². The van der Waals surface area contributed by atoms with Gasteiger partial charge >= 0.3 is 0 Å². The number of hydrogen-bond acceptors (Lipinski definition) is 1. The number of alkyl halides is 2. The van der Waals surface area contributed by atoms with Crippen LogP contribution in [0.3, 0.4) is 0 Å². The zero-order valence-corrected chi connectivity index (χ0v) is 5.26. The highest BCUT2D eigenvalue weighted by molar-refractivity contribution is 8.00. The normalized spacial score (nSPS) is 38.2. The van der Waals surface area contributed by atoms with Gasteiger partial charge in [-0.2, -0.15) is 0 Å². The molecule has 1 aliphatic heterocycles. The highest BCUT2D eigenvalue weighted by Gasteiger charge is 2.26. The van der Waals surface area contributed by atoms with Gasteiger partial charge in [-0.05, 0) is 12.2 Å². The summed E-state index contributed by atoms with van der Waals surface area (Å²) in [7, 11) is 0. The van der Waals surface area contributed by atoms with Crippen LogP contribution in [0.15, 0.2) is 0 Å². The molecule has 2 unspecified atom stereocenters. The first kappa shape index (κ1) is 6.33. The predicted octanol–water partition coefficient (Wildman–Crippen LogP) is 2.00. The molecule has 0 aromatic carbocycles. The molecule has 3 heteroatoms. The van der Waals surface area contributed by atoms with Crippen LogP contribution >= 0.6 is 11.8 Å². The summed E-state index contributed by atoms with van der Waals surface area (Å²) in [5.74, 6) is 0.482. The Morgan fingerprint density at radius 3 is 2.62 bits per heavy atom. The minimum Gasteiger partial charge on any atom is -0.251 e. The molecule has 0 amide bonds. The molecule has 0 aromatic rings. The Morgan fingerprint density at radius 2 is 2.38 bits per heavy atom. The van der Waals surface area contributed by atoms with Crippen molar-refractivity contribution < 1.29 is 8.78 Å². The van der Waals surface area contributed by atoms with Crippen molar-refractivity contribution in [3.8, 4) is 0 Å². The van der Waals surface area contributed by atoms with Crippen LogP contribution in [0, 0.1) is 5.92 Å². The minimum absolute atomic E-state index is 0.306. The monoisotopic (exact) mass is 138 g/mol. The Kier molecular flexibility index (Phi) is 2.11. The standard InChI is InChI=1S/C5H8F2S/c6-3-4-1-2-8-5(4)7/h4-5H,1-3H2. The molecule has 1 fully saturated rings. The summed E-state index contributed by atoms with van der Waals surface area (Å²) < 4.78 is 24.0. The van der Waals surface area contributed by atoms with E-state index in [0.717, 1.165) is 5.75 Å². The third-order valence-electron chi connectivity index (χ3n) is 1.33. The second-order valence-electron chi connectivity index (χ2n) is 1.93. The molecule has 48 valence electrons. The van der Waals surface area contributed by atoms with E-state index >= 15 is 0 Å². The van der Waals surface area contributed by atoms with Crippen molar-refractivity contribution >= 4 is 11.8 Å². The van der Waals surface area contributed by atoms with Gasteiger partial charge in [0.05, 0.1) is 6.67 Å². The summed E-state index contributed by atoms with van der Waals surface area (Å²) in [4.78, 5) is 0. The number of thioether (sulfide) groups is 1. The average Bonchev–Trinajstić information content (AvgIpc) is 2.14. The maximum atomic E-state index is 12.3. The maximum Gasteiger partial charge on any atom is 0.151 e. The van der Waals surface area contributed by atoms with Crippen molar-refractivity contribution in [1.82, 2.24) is 0 Å². The van der Waals surface area contributed by atoms with Gasteiger partial charge in [0, 0.05) is 5.92 Å². The lowest BCUT2D eigenvalue weighted by Gasteiger charge is -2.03. The molecule has 0 spiro atoms. The van der Waals surface area contributed by atoms with Gasteiger partial charge < -0.3 is 0 Å². The molecule has 0 nitrogen and oxygen atoms in total. The highest BCUT2D eigenvalue weighted by atomic mass is 32.2. The summed E-state index contributed by atoms with van der Waals surface area (Å²) >= 11 is 1.22. The van der Waals surface area contributed by atoms with Crippen LogP contribution in [0.2, 0.25) is 0 Å². The summed E-state index contributed by atoms with van der Waals surface area (Å²) in [6.07, 6.45) is 0.711. The molecule has 0 aromatic heterocycles. The molecule has 0 N–H and O–H groups in total. The van der Waals surface area contributed by atoms with Crippen LogP contribution < -0.4 is 0 Å². The fourth-order valence-corrected chi connectivity index (χ4v) is 1.89. The second-order valence-corrected chi connectivity index (χ2v) is 3.12. The highest BCUT2D eigenvalue weighted by Crippen LogP contribution is 2.32. The van der Waals surface area contributed by atoms with Crippen molar-refractivity contribution in [2.45, 2.75) is 11.9 Å². The van der Waals surface area contributed by atoms with Gasteiger partial charge in [-0.1, -0.05) is 0 Å². The van der Waals surface area contributed by atoms with Crippen LogP contribution in [0.4, 0.5) is 8.78 Å². The third-order valence-corrected chi connectivity index (χ3v) is 2.51. The Morgan fingerprint density at radius 1 is 1.62 bits per heavy atom. The molecule has 1 rings (SSSR count). The van der Waals surface area contributed by atoms with E-state index in [0.29, 0.717) is 6.42 Å². The summed E-state index contributed by atoms with van der Waals surface area (Å²) in [5, 5.41) is 0. The summed E-state index contributed by atoms with van der Waals surface area (Å²) in [6, 6.07) is 0. The Hall–Kier alpha value is 0.210. The Bertz CT molecular complexity index is 76.8. The lowest BCUT2D eigenvalue weighted by molar-refractivity contribution is 0.271. The molecule has 1 heterocycles. The molecule has 0 radical (unpaired) electrons. The quantitative estimate of drug-likeness (QED) is 0.534. The van der Waals surface area contributed by atoms with E-state index in [4.69, 9.17) is 0 Å². The average molecular weight is 138 g/mol. The third kappa shape index (κ3) is 1.13. The van der Waals surface area contributed by atoms with Crippen LogP contribution in [-0.2, 0) is 0 Å². The molecular formula is C5H8F2S. The van der Waals surface area contributed by atoms with Crippen molar-refractivity contribution in [2.24, 2.45) is 5.92 Å². The van der Waals surface area contributed by atoms with Gasteiger partial charge in [0.2, 0.25) is 0 Å². The van der Waals surface area contributed by atoms with E-state index in [1.807, 2.05) is 0 Å². The molecule has 0 aliphatic carbocycles. The first-order chi connectivity index (χ1) is 3.84. The number of halogens is 2. The van der Waals surface area contributed by atoms with E-state index in [1.54, 1.807) is 0 Å². The van der Waals surface area contributed by atoms with Gasteiger partial charge in [0.1, 0.15) is 0 Å². The summed E-state index contributed by atoms with van der Waals surface area (Å²) in [6.45, 7) is -0.492.